The van der Waals surface area contributed by atoms with Crippen LogP contribution in [0.1, 0.15) is 56.3 Å². The third-order valence-corrected chi connectivity index (χ3v) is 12.7. The van der Waals surface area contributed by atoms with Gasteiger partial charge in [0.25, 0.3) is 0 Å². The maximum Gasteiger partial charge on any atom is 0.340 e. The Balaban J connectivity index is 1.41. The maximum absolute atomic E-state index is 14.0. The lowest BCUT2D eigenvalue weighted by molar-refractivity contribution is -0.369. The van der Waals surface area contributed by atoms with Crippen LogP contribution in [0.4, 0.5) is 5.69 Å². The van der Waals surface area contributed by atoms with Crippen molar-refractivity contribution in [2.24, 2.45) is 23.2 Å². The third kappa shape index (κ3) is 3.24. The average Bonchev–Trinajstić information content (AvgIpc) is 3.36. The van der Waals surface area contributed by atoms with Gasteiger partial charge >= 0.3 is 5.97 Å². The predicted octanol–water partition coefficient (Wildman–Crippen LogP) is 1.34. The van der Waals surface area contributed by atoms with Gasteiger partial charge < -0.3 is 39.6 Å². The SMILES string of the molecule is CCN1C[C@@]2(OC(=O)c3ccccc3NC(C)=O)CC[C@H](OC)[C@@]34[C@H]5C[C@@H]6[C@@H](OC)C[C@](O)([C@]5(O)[C@@H]6OC)[C@@](O)(C[C@@H]23)[C@@H]14. The van der Waals surface area contributed by atoms with Gasteiger partial charge in [0.15, 0.2) is 0 Å². The van der Waals surface area contributed by atoms with Crippen molar-refractivity contribution in [2.75, 3.05) is 39.7 Å². The molecule has 5 aliphatic carbocycles. The molecular weight excluding hydrogens is 556 g/mol. The maximum atomic E-state index is 14.0. The van der Waals surface area contributed by atoms with Crippen LogP contribution in [-0.2, 0) is 23.7 Å². The highest BCUT2D eigenvalue weighted by molar-refractivity contribution is 6.00. The van der Waals surface area contributed by atoms with Gasteiger partial charge in [-0.25, -0.2) is 4.79 Å². The lowest BCUT2D eigenvalue weighted by Crippen LogP contribution is -2.87. The topological polar surface area (TPSA) is 147 Å². The minimum absolute atomic E-state index is 0.0723. The number of benzene rings is 1. The van der Waals surface area contributed by atoms with Crippen molar-refractivity contribution in [1.29, 1.82) is 0 Å². The number of hydrogen-bond acceptors (Lipinski definition) is 10. The van der Waals surface area contributed by atoms with E-state index in [1.165, 1.54) is 6.92 Å². The molecule has 7 rings (SSSR count). The molecule has 6 fully saturated rings. The van der Waals surface area contributed by atoms with E-state index in [2.05, 4.69) is 10.2 Å². The monoisotopic (exact) mass is 600 g/mol. The fourth-order valence-corrected chi connectivity index (χ4v) is 11.6. The third-order valence-electron chi connectivity index (χ3n) is 12.7. The minimum atomic E-state index is -1.93. The molecule has 6 aliphatic rings. The molecule has 0 aromatic heterocycles. The molecule has 4 N–H and O–H groups in total. The Labute approximate surface area is 251 Å². The zero-order valence-corrected chi connectivity index (χ0v) is 25.5. The molecule has 236 valence electrons. The van der Waals surface area contributed by atoms with Gasteiger partial charge in [0.05, 0.1) is 35.6 Å². The highest BCUT2D eigenvalue weighted by Gasteiger charge is 2.93. The van der Waals surface area contributed by atoms with Crippen LogP contribution >= 0.6 is 0 Å². The number of anilines is 1. The Kier molecular flexibility index (Phi) is 6.50. The number of carbonyl (C=O) groups excluding carboxylic acids is 2. The minimum Gasteiger partial charge on any atom is -0.454 e. The smallest absolute Gasteiger partial charge is 0.340 e. The molecule has 12 atom stereocenters. The van der Waals surface area contributed by atoms with Crippen molar-refractivity contribution in [2.45, 2.75) is 92.7 Å². The quantitative estimate of drug-likeness (QED) is 0.338. The molecule has 1 aliphatic heterocycles. The lowest BCUT2D eigenvalue weighted by atomic mass is 9.43. The van der Waals surface area contributed by atoms with Gasteiger partial charge in [0, 0.05) is 64.4 Å². The van der Waals surface area contributed by atoms with Gasteiger partial charge in [0.2, 0.25) is 5.91 Å². The molecule has 1 aromatic carbocycles. The molecular formula is C32H44N2O9. The summed E-state index contributed by atoms with van der Waals surface area (Å²) in [6.07, 6.45) is 0.245. The number of piperidine rings is 1. The van der Waals surface area contributed by atoms with Crippen LogP contribution in [0.5, 0.6) is 0 Å². The summed E-state index contributed by atoms with van der Waals surface area (Å²) in [6.45, 7) is 4.30. The Bertz CT molecular complexity index is 1340. The number of esters is 1. The first-order valence-corrected chi connectivity index (χ1v) is 15.5. The largest absolute Gasteiger partial charge is 0.454 e. The number of likely N-dealkylation sites (N-methyl/N-ethyl adjacent to an activating group) is 1. The number of aliphatic hydroxyl groups is 3. The molecule has 1 spiro atoms. The number of para-hydroxylation sites is 1. The number of fused-ring (bicyclic) bond motifs is 2. The normalized spacial score (nSPS) is 49.1. The zero-order chi connectivity index (χ0) is 30.7. The molecule has 7 bridgehead atoms. The Morgan fingerprint density at radius 3 is 2.44 bits per heavy atom. The molecule has 0 radical (unpaired) electrons. The van der Waals surface area contributed by atoms with Crippen molar-refractivity contribution >= 4 is 17.6 Å². The summed E-state index contributed by atoms with van der Waals surface area (Å²) in [5.41, 5.74) is -6.72. The summed E-state index contributed by atoms with van der Waals surface area (Å²) in [4.78, 5) is 28.1. The summed E-state index contributed by atoms with van der Waals surface area (Å²) in [6, 6.07) is 6.23. The fourth-order valence-electron chi connectivity index (χ4n) is 11.6. The van der Waals surface area contributed by atoms with E-state index in [1.807, 2.05) is 6.92 Å². The predicted molar refractivity (Wildman–Crippen MR) is 153 cm³/mol. The number of carbonyl (C=O) groups is 2. The highest BCUT2D eigenvalue weighted by atomic mass is 16.6. The zero-order valence-electron chi connectivity index (χ0n) is 25.5. The average molecular weight is 601 g/mol. The fraction of sp³-hybridized carbons (Fsp3) is 0.750. The van der Waals surface area contributed by atoms with E-state index in [-0.39, 0.29) is 36.3 Å². The number of ether oxygens (including phenoxy) is 4. The number of methoxy groups -OCH3 is 3. The Morgan fingerprint density at radius 1 is 1.05 bits per heavy atom. The molecule has 1 aromatic rings. The summed E-state index contributed by atoms with van der Waals surface area (Å²) in [7, 11) is 4.82. The number of amides is 1. The molecule has 1 amide bonds. The van der Waals surface area contributed by atoms with Crippen molar-refractivity contribution < 1.29 is 43.9 Å². The highest BCUT2D eigenvalue weighted by Crippen LogP contribution is 2.80. The van der Waals surface area contributed by atoms with Crippen LogP contribution in [0, 0.1) is 23.2 Å². The Hall–Kier alpha value is -2.12. The van der Waals surface area contributed by atoms with Gasteiger partial charge in [0.1, 0.15) is 22.4 Å². The van der Waals surface area contributed by atoms with Crippen molar-refractivity contribution in [3.8, 4) is 0 Å². The Morgan fingerprint density at radius 2 is 1.79 bits per heavy atom. The number of nitrogens with one attached hydrogen (secondary N) is 1. The van der Waals surface area contributed by atoms with Crippen molar-refractivity contribution in [3.63, 3.8) is 0 Å². The van der Waals surface area contributed by atoms with Crippen LogP contribution in [0.15, 0.2) is 24.3 Å². The molecule has 11 heteroatoms. The summed E-state index contributed by atoms with van der Waals surface area (Å²) in [5.74, 6) is -1.97. The van der Waals surface area contributed by atoms with Gasteiger partial charge in [-0.2, -0.15) is 0 Å². The molecule has 1 heterocycles. The van der Waals surface area contributed by atoms with E-state index in [0.29, 0.717) is 38.0 Å². The lowest BCUT2D eigenvalue weighted by Gasteiger charge is -2.71. The number of hydrogen-bond donors (Lipinski definition) is 4. The second-order valence-corrected chi connectivity index (χ2v) is 13.9. The van der Waals surface area contributed by atoms with Gasteiger partial charge in [-0.15, -0.1) is 0 Å². The van der Waals surface area contributed by atoms with E-state index in [1.54, 1.807) is 45.6 Å². The van der Waals surface area contributed by atoms with E-state index < -0.39 is 63.9 Å². The van der Waals surface area contributed by atoms with Crippen LogP contribution < -0.4 is 5.32 Å². The molecule has 1 saturated heterocycles. The van der Waals surface area contributed by atoms with Gasteiger partial charge in [-0.05, 0) is 44.4 Å². The summed E-state index contributed by atoms with van der Waals surface area (Å²) < 4.78 is 24.8. The van der Waals surface area contributed by atoms with Gasteiger partial charge in [-0.1, -0.05) is 19.1 Å². The van der Waals surface area contributed by atoms with Crippen molar-refractivity contribution in [1.82, 2.24) is 4.90 Å². The summed E-state index contributed by atoms with van der Waals surface area (Å²) >= 11 is 0. The van der Waals surface area contributed by atoms with E-state index in [0.717, 1.165) is 0 Å². The number of rotatable bonds is 7. The standard InChI is InChI=1S/C32H44N2O9/c1-6-34-16-28(43-26(36)18-9-7-8-10-20(18)33-17(2)35)12-11-24(41-4)31-22-13-19-21(40-3)14-30(38,32(22,39)25(19)42-5)29(37,27(31)34)15-23(28)31/h7-10,19,21-25,27,37-39H,6,11-16H2,1-5H3,(H,33,35)/t19-,21+,22-,23+,24+,25-,27-,28+,29-,30-,31-,32-/m1/s1. The van der Waals surface area contributed by atoms with Crippen LogP contribution in [-0.4, -0.2) is 113 Å². The molecule has 0 unspecified atom stereocenters. The van der Waals surface area contributed by atoms with Gasteiger partial charge in [-0.3, -0.25) is 9.69 Å². The molecule has 11 nitrogen and oxygen atoms in total. The first kappa shape index (κ1) is 29.6. The molecule has 43 heavy (non-hydrogen) atoms. The van der Waals surface area contributed by atoms with Crippen LogP contribution in [0.3, 0.4) is 0 Å². The second kappa shape index (κ2) is 9.45. The number of likely N-dealkylation sites (tertiary alicyclic amines) is 1. The second-order valence-electron chi connectivity index (χ2n) is 13.9. The van der Waals surface area contributed by atoms with E-state index in [4.69, 9.17) is 18.9 Å². The summed E-state index contributed by atoms with van der Waals surface area (Å²) in [5, 5.41) is 41.5. The molecule has 5 saturated carbocycles. The van der Waals surface area contributed by atoms with E-state index in [9.17, 15) is 24.9 Å². The van der Waals surface area contributed by atoms with E-state index >= 15 is 0 Å². The van der Waals surface area contributed by atoms with Crippen molar-refractivity contribution in [3.05, 3.63) is 29.8 Å². The van der Waals surface area contributed by atoms with Crippen LogP contribution in [0.2, 0.25) is 0 Å². The first-order chi connectivity index (χ1) is 20.4. The first-order valence-electron chi connectivity index (χ1n) is 15.5. The number of nitrogens with zero attached hydrogens (tertiary/aromatic N) is 1. The van der Waals surface area contributed by atoms with Crippen LogP contribution in [0.25, 0.3) is 0 Å².